The second-order valence-corrected chi connectivity index (χ2v) is 7.15. The predicted molar refractivity (Wildman–Crippen MR) is 105 cm³/mol. The third-order valence-corrected chi connectivity index (χ3v) is 5.00. The van der Waals surface area contributed by atoms with Crippen LogP contribution in [0.3, 0.4) is 0 Å². The topological polar surface area (TPSA) is 190 Å². The first-order chi connectivity index (χ1) is 14.7. The standard InChI is InChI=1S/C12H22O11.C8H8/c13-1-3-5(15)7(17)9(19)11(21-3)23-12-10(20)8(18)6(16)4(2-14)22-12;1-2-8-6-4-3-5-7-8/h3-20H,1-2H2;2-7H,1H2/t3-,4-,5-,6-,7+,8+,9-,10-,11-,12-;/m1./s1. The van der Waals surface area contributed by atoms with Crippen LogP contribution in [-0.2, 0) is 14.2 Å². The number of aliphatic hydroxyl groups excluding tert-OH is 8. The largest absolute Gasteiger partial charge is 0.394 e. The van der Waals surface area contributed by atoms with Gasteiger partial charge in [0.1, 0.15) is 48.8 Å². The summed E-state index contributed by atoms with van der Waals surface area (Å²) in [6.45, 7) is 2.30. The van der Waals surface area contributed by atoms with Gasteiger partial charge < -0.3 is 55.1 Å². The van der Waals surface area contributed by atoms with Crippen molar-refractivity contribution in [3.05, 3.63) is 42.5 Å². The molecule has 2 fully saturated rings. The van der Waals surface area contributed by atoms with Crippen LogP contribution in [0.25, 0.3) is 6.08 Å². The molecule has 11 nitrogen and oxygen atoms in total. The van der Waals surface area contributed by atoms with Crippen LogP contribution in [0.15, 0.2) is 36.9 Å². The molecule has 2 aliphatic heterocycles. The van der Waals surface area contributed by atoms with E-state index in [1.54, 1.807) is 0 Å². The fourth-order valence-electron chi connectivity index (χ4n) is 3.08. The van der Waals surface area contributed by atoms with Crippen molar-refractivity contribution in [1.29, 1.82) is 0 Å². The maximum absolute atomic E-state index is 9.84. The highest BCUT2D eigenvalue weighted by atomic mass is 16.8. The predicted octanol–water partition coefficient (Wildman–Crippen LogP) is -3.07. The molecule has 8 N–H and O–H groups in total. The Kier molecular flexibility index (Phi) is 9.93. The second-order valence-electron chi connectivity index (χ2n) is 7.15. The lowest BCUT2D eigenvalue weighted by molar-refractivity contribution is -0.376. The minimum absolute atomic E-state index is 0.667. The van der Waals surface area contributed by atoms with E-state index in [2.05, 4.69) is 6.58 Å². The molecule has 10 atom stereocenters. The zero-order valence-electron chi connectivity index (χ0n) is 16.7. The van der Waals surface area contributed by atoms with Crippen molar-refractivity contribution in [2.45, 2.75) is 61.4 Å². The van der Waals surface area contributed by atoms with Crippen molar-refractivity contribution in [2.75, 3.05) is 13.2 Å². The van der Waals surface area contributed by atoms with Gasteiger partial charge in [-0.05, 0) is 5.56 Å². The molecule has 0 aromatic heterocycles. The molecule has 2 aliphatic rings. The van der Waals surface area contributed by atoms with Gasteiger partial charge >= 0.3 is 0 Å². The minimum Gasteiger partial charge on any atom is -0.394 e. The summed E-state index contributed by atoms with van der Waals surface area (Å²) in [6, 6.07) is 10.0. The van der Waals surface area contributed by atoms with Crippen molar-refractivity contribution < 1.29 is 55.1 Å². The highest BCUT2D eigenvalue weighted by Crippen LogP contribution is 2.27. The lowest BCUT2D eigenvalue weighted by Crippen LogP contribution is -2.63. The Bertz CT molecular complexity index is 622. The molecule has 0 spiro atoms. The molecule has 176 valence electrons. The van der Waals surface area contributed by atoms with Gasteiger partial charge in [-0.2, -0.15) is 0 Å². The summed E-state index contributed by atoms with van der Waals surface area (Å²) < 4.78 is 15.3. The fraction of sp³-hybridized carbons (Fsp3) is 0.600. The highest BCUT2D eigenvalue weighted by Gasteiger charge is 2.49. The lowest BCUT2D eigenvalue weighted by Gasteiger charge is -2.44. The van der Waals surface area contributed by atoms with Crippen LogP contribution in [0.5, 0.6) is 0 Å². The smallest absolute Gasteiger partial charge is 0.189 e. The van der Waals surface area contributed by atoms with Crippen LogP contribution < -0.4 is 0 Å². The Morgan fingerprint density at radius 1 is 0.710 bits per heavy atom. The quantitative estimate of drug-likeness (QED) is 0.229. The van der Waals surface area contributed by atoms with E-state index in [4.69, 9.17) is 24.4 Å². The molecule has 0 aliphatic carbocycles. The van der Waals surface area contributed by atoms with Gasteiger partial charge in [0.2, 0.25) is 0 Å². The Balaban J connectivity index is 0.000000357. The molecule has 0 unspecified atom stereocenters. The third-order valence-electron chi connectivity index (χ3n) is 5.00. The molecule has 0 bridgehead atoms. The second kappa shape index (κ2) is 11.9. The Morgan fingerprint density at radius 2 is 1.13 bits per heavy atom. The molecule has 1 aromatic rings. The average Bonchev–Trinajstić information content (AvgIpc) is 2.80. The van der Waals surface area contributed by atoms with Gasteiger partial charge in [0, 0.05) is 0 Å². The van der Waals surface area contributed by atoms with Crippen molar-refractivity contribution in [2.24, 2.45) is 0 Å². The van der Waals surface area contributed by atoms with Crippen LogP contribution in [0, 0.1) is 0 Å². The van der Waals surface area contributed by atoms with E-state index >= 15 is 0 Å². The number of aliphatic hydroxyl groups is 8. The number of benzene rings is 1. The zero-order chi connectivity index (χ0) is 23.1. The van der Waals surface area contributed by atoms with E-state index < -0.39 is 74.6 Å². The van der Waals surface area contributed by atoms with Crippen LogP contribution in [0.4, 0.5) is 0 Å². The van der Waals surface area contributed by atoms with Gasteiger partial charge in [-0.1, -0.05) is 43.0 Å². The SMILES string of the molecule is C=Cc1ccccc1.OC[C@H]1O[C@H](O[C@H]2O[C@H](CO)[C@@H](O)[C@H](O)[C@H]2O)[C@H](O)[C@@H](O)[C@@H]1O. The van der Waals surface area contributed by atoms with E-state index in [1.807, 2.05) is 36.4 Å². The summed E-state index contributed by atoms with van der Waals surface area (Å²) in [5.74, 6) is 0. The average molecular weight is 446 g/mol. The summed E-state index contributed by atoms with van der Waals surface area (Å²) in [5, 5.41) is 76.4. The molecule has 2 saturated heterocycles. The first kappa shape index (κ1) is 25.8. The molecule has 11 heteroatoms. The van der Waals surface area contributed by atoms with Gasteiger partial charge in [0.25, 0.3) is 0 Å². The van der Waals surface area contributed by atoms with Gasteiger partial charge in [-0.15, -0.1) is 0 Å². The maximum atomic E-state index is 9.84. The maximum Gasteiger partial charge on any atom is 0.189 e. The molecular weight excluding hydrogens is 416 g/mol. The van der Waals surface area contributed by atoms with Crippen molar-refractivity contribution in [1.82, 2.24) is 0 Å². The zero-order valence-corrected chi connectivity index (χ0v) is 16.7. The number of rotatable bonds is 5. The number of hydrogen-bond acceptors (Lipinski definition) is 11. The van der Waals surface area contributed by atoms with E-state index in [1.165, 1.54) is 5.56 Å². The molecule has 0 saturated carbocycles. The van der Waals surface area contributed by atoms with Crippen LogP contribution in [0.2, 0.25) is 0 Å². The summed E-state index contributed by atoms with van der Waals surface area (Å²) in [6.07, 6.45) is -13.8. The van der Waals surface area contributed by atoms with Gasteiger partial charge in [0.05, 0.1) is 13.2 Å². The molecule has 0 radical (unpaired) electrons. The Labute approximate surface area is 179 Å². The van der Waals surface area contributed by atoms with Crippen molar-refractivity contribution in [3.63, 3.8) is 0 Å². The van der Waals surface area contributed by atoms with Crippen LogP contribution in [-0.4, -0.2) is 115 Å². The van der Waals surface area contributed by atoms with E-state index in [9.17, 15) is 30.6 Å². The van der Waals surface area contributed by atoms with Gasteiger partial charge in [-0.25, -0.2) is 0 Å². The fourth-order valence-corrected chi connectivity index (χ4v) is 3.08. The molecule has 1 aromatic carbocycles. The molecule has 31 heavy (non-hydrogen) atoms. The van der Waals surface area contributed by atoms with E-state index in [0.717, 1.165) is 0 Å². The van der Waals surface area contributed by atoms with E-state index in [-0.39, 0.29) is 0 Å². The summed E-state index contributed by atoms with van der Waals surface area (Å²) >= 11 is 0. The Hall–Kier alpha value is -1.48. The van der Waals surface area contributed by atoms with Crippen molar-refractivity contribution in [3.8, 4) is 0 Å². The highest BCUT2D eigenvalue weighted by molar-refractivity contribution is 5.45. The summed E-state index contributed by atoms with van der Waals surface area (Å²) in [4.78, 5) is 0. The summed E-state index contributed by atoms with van der Waals surface area (Å²) in [5.41, 5.74) is 1.17. The number of hydrogen-bond donors (Lipinski definition) is 8. The van der Waals surface area contributed by atoms with Crippen molar-refractivity contribution >= 4 is 6.08 Å². The molecular formula is C20H30O11. The van der Waals surface area contributed by atoms with Gasteiger partial charge in [-0.3, -0.25) is 0 Å². The first-order valence-corrected chi connectivity index (χ1v) is 9.69. The lowest BCUT2D eigenvalue weighted by atomic mass is 9.98. The normalized spacial score (nSPS) is 40.5. The Morgan fingerprint density at radius 3 is 1.45 bits per heavy atom. The van der Waals surface area contributed by atoms with Crippen LogP contribution in [0.1, 0.15) is 5.56 Å². The minimum atomic E-state index is -1.72. The van der Waals surface area contributed by atoms with Crippen LogP contribution >= 0.6 is 0 Å². The van der Waals surface area contributed by atoms with E-state index in [0.29, 0.717) is 0 Å². The van der Waals surface area contributed by atoms with Gasteiger partial charge in [0.15, 0.2) is 12.6 Å². The first-order valence-electron chi connectivity index (χ1n) is 9.69. The molecule has 2 heterocycles. The number of ether oxygens (including phenoxy) is 3. The molecule has 0 amide bonds. The summed E-state index contributed by atoms with van der Waals surface area (Å²) in [7, 11) is 0. The monoisotopic (exact) mass is 446 g/mol. The molecule has 3 rings (SSSR count). The third kappa shape index (κ3) is 6.28.